The summed E-state index contributed by atoms with van der Waals surface area (Å²) in [5, 5.41) is 0.725. The number of nitrogens with zero attached hydrogens (tertiary/aromatic N) is 5. The molecule has 40 heavy (non-hydrogen) atoms. The summed E-state index contributed by atoms with van der Waals surface area (Å²) in [4.78, 5) is 36.3. The summed E-state index contributed by atoms with van der Waals surface area (Å²) in [6.07, 6.45) is 7.60. The number of aromatic nitrogens is 3. The maximum absolute atomic E-state index is 14.1. The number of rotatable bonds is 9. The van der Waals surface area contributed by atoms with Crippen molar-refractivity contribution in [2.24, 2.45) is 0 Å². The van der Waals surface area contributed by atoms with Crippen LogP contribution in [0.1, 0.15) is 20.1 Å². The molecule has 4 rings (SSSR count). The summed E-state index contributed by atoms with van der Waals surface area (Å²) >= 11 is 0. The van der Waals surface area contributed by atoms with Crippen molar-refractivity contribution in [3.8, 4) is 28.0 Å². The van der Waals surface area contributed by atoms with E-state index in [1.165, 1.54) is 19.2 Å². The number of halogens is 1. The summed E-state index contributed by atoms with van der Waals surface area (Å²) in [5.74, 6) is -0.642. The van der Waals surface area contributed by atoms with Gasteiger partial charge in [-0.2, -0.15) is 4.39 Å². The molecule has 0 bridgehead atoms. The second-order valence-corrected chi connectivity index (χ2v) is 9.60. The molecule has 0 aliphatic heterocycles. The molecule has 0 saturated carbocycles. The van der Waals surface area contributed by atoms with Gasteiger partial charge in [0.25, 0.3) is 0 Å². The predicted molar refractivity (Wildman–Crippen MR) is 152 cm³/mol. The second-order valence-electron chi connectivity index (χ2n) is 9.60. The van der Waals surface area contributed by atoms with Crippen LogP contribution >= 0.6 is 0 Å². The monoisotopic (exact) mass is 545 g/mol. The SMILES string of the molecule is COc1cc(-c2cnc3c(c2)c(-c2ccnc(F)c2)cn3C(C)OC(C)=O)cc(N(C)C(=O)/C=C/CN(C)C)c1. The molecule has 0 aliphatic rings. The topological polar surface area (TPSA) is 89.8 Å². The Morgan fingerprint density at radius 3 is 2.52 bits per heavy atom. The maximum Gasteiger partial charge on any atom is 0.304 e. The zero-order valence-electron chi connectivity index (χ0n) is 23.4. The van der Waals surface area contributed by atoms with Gasteiger partial charge in [-0.15, -0.1) is 0 Å². The van der Waals surface area contributed by atoms with Crippen molar-refractivity contribution in [2.45, 2.75) is 20.1 Å². The summed E-state index contributed by atoms with van der Waals surface area (Å²) in [6.45, 7) is 3.72. The van der Waals surface area contributed by atoms with E-state index in [4.69, 9.17) is 14.5 Å². The number of methoxy groups -OCH3 is 1. The van der Waals surface area contributed by atoms with Crippen LogP contribution in [0.5, 0.6) is 5.75 Å². The normalized spacial score (nSPS) is 12.2. The molecule has 0 saturated heterocycles. The van der Waals surface area contributed by atoms with Gasteiger partial charge in [0.15, 0.2) is 6.23 Å². The van der Waals surface area contributed by atoms with Gasteiger partial charge in [0.2, 0.25) is 11.9 Å². The van der Waals surface area contributed by atoms with Crippen molar-refractivity contribution < 1.29 is 23.5 Å². The Bertz CT molecular complexity index is 1580. The fourth-order valence-corrected chi connectivity index (χ4v) is 4.33. The number of esters is 1. The highest BCUT2D eigenvalue weighted by Crippen LogP contribution is 2.36. The van der Waals surface area contributed by atoms with Gasteiger partial charge >= 0.3 is 5.97 Å². The van der Waals surface area contributed by atoms with Crippen LogP contribution < -0.4 is 9.64 Å². The van der Waals surface area contributed by atoms with Crippen LogP contribution in [0.15, 0.2) is 67.1 Å². The molecule has 4 aromatic rings. The number of benzene rings is 1. The lowest BCUT2D eigenvalue weighted by Gasteiger charge is -2.18. The summed E-state index contributed by atoms with van der Waals surface area (Å²) in [7, 11) is 7.13. The quantitative estimate of drug-likeness (QED) is 0.165. The number of anilines is 1. The lowest BCUT2D eigenvalue weighted by atomic mass is 10.0. The Kier molecular flexibility index (Phi) is 8.59. The third-order valence-electron chi connectivity index (χ3n) is 6.34. The lowest BCUT2D eigenvalue weighted by molar-refractivity contribution is -0.149. The van der Waals surface area contributed by atoms with Crippen molar-refractivity contribution in [1.29, 1.82) is 0 Å². The molecule has 10 heteroatoms. The van der Waals surface area contributed by atoms with Gasteiger partial charge in [-0.3, -0.25) is 14.2 Å². The average molecular weight is 546 g/mol. The number of carbonyl (C=O) groups is 2. The lowest BCUT2D eigenvalue weighted by Crippen LogP contribution is -2.24. The fourth-order valence-electron chi connectivity index (χ4n) is 4.33. The predicted octanol–water partition coefficient (Wildman–Crippen LogP) is 5.08. The number of fused-ring (bicyclic) bond motifs is 1. The number of pyridine rings is 2. The van der Waals surface area contributed by atoms with Crippen molar-refractivity contribution in [3.63, 3.8) is 0 Å². The molecule has 0 radical (unpaired) electrons. The van der Waals surface area contributed by atoms with Crippen molar-refractivity contribution in [1.82, 2.24) is 19.4 Å². The molecular formula is C30H32FN5O4. The molecule has 3 heterocycles. The number of carbonyl (C=O) groups excluding carboxylic acids is 2. The first kappa shape index (κ1) is 28.4. The number of amides is 1. The molecule has 0 fully saturated rings. The van der Waals surface area contributed by atoms with E-state index in [1.54, 1.807) is 61.2 Å². The van der Waals surface area contributed by atoms with Crippen LogP contribution in [0.2, 0.25) is 0 Å². The van der Waals surface area contributed by atoms with Gasteiger partial charge in [0.1, 0.15) is 11.4 Å². The molecule has 0 N–H and O–H groups in total. The zero-order chi connectivity index (χ0) is 29.0. The number of hydrogen-bond donors (Lipinski definition) is 0. The van der Waals surface area contributed by atoms with Gasteiger partial charge in [-0.05, 0) is 56.4 Å². The summed E-state index contributed by atoms with van der Waals surface area (Å²) in [5.41, 5.74) is 4.04. The van der Waals surface area contributed by atoms with Crippen LogP contribution in [0.25, 0.3) is 33.3 Å². The minimum Gasteiger partial charge on any atom is -0.497 e. The Hall–Kier alpha value is -4.57. The summed E-state index contributed by atoms with van der Waals surface area (Å²) < 4.78 is 26.7. The van der Waals surface area contributed by atoms with Gasteiger partial charge < -0.3 is 19.3 Å². The zero-order valence-corrected chi connectivity index (χ0v) is 23.4. The van der Waals surface area contributed by atoms with Crippen molar-refractivity contribution in [3.05, 3.63) is 73.1 Å². The first-order valence-corrected chi connectivity index (χ1v) is 12.7. The molecule has 0 aliphatic carbocycles. The average Bonchev–Trinajstić information content (AvgIpc) is 3.31. The molecule has 1 amide bonds. The van der Waals surface area contributed by atoms with Crippen LogP contribution in [0.4, 0.5) is 10.1 Å². The number of likely N-dealkylation sites (N-methyl/N-ethyl adjacent to an activating group) is 2. The van der Waals surface area contributed by atoms with Crippen LogP contribution in [-0.4, -0.2) is 66.1 Å². The molecular weight excluding hydrogens is 513 g/mol. The molecule has 208 valence electrons. The molecule has 1 unspecified atom stereocenters. The van der Waals surface area contributed by atoms with Crippen molar-refractivity contribution >= 4 is 28.6 Å². The van der Waals surface area contributed by atoms with Crippen molar-refractivity contribution in [2.75, 3.05) is 39.7 Å². The van der Waals surface area contributed by atoms with E-state index in [2.05, 4.69) is 4.98 Å². The molecule has 1 atom stereocenters. The third-order valence-corrected chi connectivity index (χ3v) is 6.34. The Morgan fingerprint density at radius 1 is 1.07 bits per heavy atom. The highest BCUT2D eigenvalue weighted by Gasteiger charge is 2.19. The van der Waals surface area contributed by atoms with Crippen LogP contribution in [-0.2, 0) is 14.3 Å². The highest BCUT2D eigenvalue weighted by atomic mass is 19.1. The Balaban J connectivity index is 1.82. The highest BCUT2D eigenvalue weighted by molar-refractivity contribution is 6.02. The fraction of sp³-hybridized carbons (Fsp3) is 0.267. The van der Waals surface area contributed by atoms with Crippen LogP contribution in [0.3, 0.4) is 0 Å². The minimum atomic E-state index is -0.637. The van der Waals surface area contributed by atoms with E-state index in [0.29, 0.717) is 34.8 Å². The Labute approximate surface area is 232 Å². The summed E-state index contributed by atoms with van der Waals surface area (Å²) in [6, 6.07) is 10.5. The largest absolute Gasteiger partial charge is 0.497 e. The number of hydrogen-bond acceptors (Lipinski definition) is 7. The van der Waals surface area contributed by atoms with E-state index in [1.807, 2.05) is 43.3 Å². The first-order chi connectivity index (χ1) is 19.1. The van der Waals surface area contributed by atoms with E-state index in [0.717, 1.165) is 16.5 Å². The first-order valence-electron chi connectivity index (χ1n) is 12.7. The smallest absolute Gasteiger partial charge is 0.304 e. The van der Waals surface area contributed by atoms with E-state index in [9.17, 15) is 14.0 Å². The third kappa shape index (κ3) is 6.35. The van der Waals surface area contributed by atoms with E-state index in [-0.39, 0.29) is 5.91 Å². The van der Waals surface area contributed by atoms with Gasteiger partial charge in [0, 0.05) is 79.5 Å². The second kappa shape index (κ2) is 12.1. The van der Waals surface area contributed by atoms with E-state index < -0.39 is 18.1 Å². The van der Waals surface area contributed by atoms with E-state index >= 15 is 0 Å². The molecule has 3 aromatic heterocycles. The van der Waals surface area contributed by atoms with Gasteiger partial charge in [-0.25, -0.2) is 9.97 Å². The molecule has 0 spiro atoms. The van der Waals surface area contributed by atoms with Crippen LogP contribution in [0, 0.1) is 5.95 Å². The maximum atomic E-state index is 14.1. The standard InChI is InChI=1S/C30H32FN5O4/c1-19(40-20(2)37)36-18-27(21-9-10-32-28(31)15-21)26-14-23(17-33-30(26)36)22-12-24(16-25(13-22)39-6)35(5)29(38)8-7-11-34(3)4/h7-10,12-19H,11H2,1-6H3/b8-7+. The van der Waals surface area contributed by atoms with Gasteiger partial charge in [-0.1, -0.05) is 6.08 Å². The van der Waals surface area contributed by atoms with Gasteiger partial charge in [0.05, 0.1) is 7.11 Å². The number of ether oxygens (including phenoxy) is 2. The molecule has 9 nitrogen and oxygen atoms in total. The minimum absolute atomic E-state index is 0.173. The Morgan fingerprint density at radius 2 is 1.85 bits per heavy atom. The molecule has 1 aromatic carbocycles.